The summed E-state index contributed by atoms with van der Waals surface area (Å²) in [6.45, 7) is 15.0. The normalized spacial score (nSPS) is 22.0. The van der Waals surface area contributed by atoms with Crippen LogP contribution in [0, 0.1) is 11.8 Å². The maximum Gasteiger partial charge on any atom is 0.417 e. The lowest BCUT2D eigenvalue weighted by atomic mass is 9.95. The summed E-state index contributed by atoms with van der Waals surface area (Å²) in [5.41, 5.74) is 2.15. The van der Waals surface area contributed by atoms with E-state index in [-0.39, 0.29) is 24.5 Å². The Morgan fingerprint density at radius 3 is 2.50 bits per heavy atom. The van der Waals surface area contributed by atoms with Crippen molar-refractivity contribution in [1.82, 2.24) is 0 Å². The Kier molecular flexibility index (Phi) is 9.53. The number of alkyl halides is 3. The Bertz CT molecular complexity index is 1160. The minimum atomic E-state index is -4.61. The van der Waals surface area contributed by atoms with Crippen molar-refractivity contribution in [3.63, 3.8) is 0 Å². The minimum absolute atomic E-state index is 0.0319. The molecule has 206 valence electrons. The van der Waals surface area contributed by atoms with Crippen LogP contribution in [0.3, 0.4) is 0 Å². The van der Waals surface area contributed by atoms with Gasteiger partial charge < -0.3 is 14.6 Å². The van der Waals surface area contributed by atoms with Gasteiger partial charge in [-0.2, -0.15) is 13.2 Å². The second-order valence-corrected chi connectivity index (χ2v) is 10.7. The standard InChI is InChI=1S/C32H39F3O3/c1-7-27-25(18-26-19-29(26)27)15-21(3)38-20-23-11-9-12-24(17-23)28(8-2)30(32(33,34)35)16-22(4)37-14-10-13-31(5,6)36/h7-9,11-12,15-17,26,29,36H,3-4,10,13-14,18-20H2,1-2,5-6H3/b25-15-,27-7+,28-8-,30-16+. The quantitative estimate of drug-likeness (QED) is 0.168. The molecule has 2 saturated carbocycles. The molecule has 0 radical (unpaired) electrons. The molecule has 1 aromatic carbocycles. The van der Waals surface area contributed by atoms with E-state index < -0.39 is 17.4 Å². The first kappa shape index (κ1) is 29.6. The Morgan fingerprint density at radius 2 is 1.87 bits per heavy atom. The molecule has 3 rings (SSSR count). The summed E-state index contributed by atoms with van der Waals surface area (Å²) in [5, 5.41) is 9.79. The summed E-state index contributed by atoms with van der Waals surface area (Å²) in [4.78, 5) is 0. The zero-order valence-electron chi connectivity index (χ0n) is 22.8. The maximum absolute atomic E-state index is 14.1. The van der Waals surface area contributed by atoms with Gasteiger partial charge in [0, 0.05) is 0 Å². The minimum Gasteiger partial charge on any atom is -0.494 e. The lowest BCUT2D eigenvalue weighted by Crippen LogP contribution is -2.18. The molecule has 0 amide bonds. The van der Waals surface area contributed by atoms with Crippen molar-refractivity contribution in [2.45, 2.75) is 71.8 Å². The summed E-state index contributed by atoms with van der Waals surface area (Å²) in [7, 11) is 0. The molecule has 0 heterocycles. The Morgan fingerprint density at radius 1 is 1.13 bits per heavy atom. The Hall–Kier alpha value is -2.99. The van der Waals surface area contributed by atoms with Gasteiger partial charge in [-0.25, -0.2) is 0 Å². The van der Waals surface area contributed by atoms with Crippen LogP contribution in [0.5, 0.6) is 0 Å². The molecule has 0 saturated heterocycles. The molecule has 6 heteroatoms. The van der Waals surface area contributed by atoms with Gasteiger partial charge in [-0.1, -0.05) is 43.5 Å². The fourth-order valence-electron chi connectivity index (χ4n) is 4.98. The number of fused-ring (bicyclic) bond motifs is 1. The van der Waals surface area contributed by atoms with E-state index in [1.165, 1.54) is 23.6 Å². The van der Waals surface area contributed by atoms with E-state index in [1.807, 2.05) is 12.1 Å². The van der Waals surface area contributed by atoms with E-state index >= 15 is 0 Å². The van der Waals surface area contributed by atoms with Gasteiger partial charge >= 0.3 is 6.18 Å². The topological polar surface area (TPSA) is 38.7 Å². The molecule has 38 heavy (non-hydrogen) atoms. The van der Waals surface area contributed by atoms with Gasteiger partial charge in [-0.15, -0.1) is 0 Å². The van der Waals surface area contributed by atoms with Gasteiger partial charge in [-0.3, -0.25) is 0 Å². The number of allylic oxidation sites excluding steroid dienone is 8. The van der Waals surface area contributed by atoms with Crippen molar-refractivity contribution >= 4 is 5.57 Å². The van der Waals surface area contributed by atoms with Crippen LogP contribution in [0.2, 0.25) is 0 Å². The second-order valence-electron chi connectivity index (χ2n) is 10.7. The molecule has 1 aromatic rings. The molecule has 2 atom stereocenters. The van der Waals surface area contributed by atoms with Gasteiger partial charge in [0.05, 0.1) is 17.8 Å². The van der Waals surface area contributed by atoms with Crippen molar-refractivity contribution in [3.05, 3.63) is 101 Å². The summed E-state index contributed by atoms with van der Waals surface area (Å²) in [6.07, 6.45) is 5.19. The number of aliphatic hydroxyl groups is 1. The van der Waals surface area contributed by atoms with Crippen LogP contribution in [-0.2, 0) is 16.1 Å². The van der Waals surface area contributed by atoms with Gasteiger partial charge in [0.2, 0.25) is 0 Å². The van der Waals surface area contributed by atoms with Crippen LogP contribution < -0.4 is 0 Å². The summed E-state index contributed by atoms with van der Waals surface area (Å²) in [6, 6.07) is 6.88. The van der Waals surface area contributed by atoms with E-state index in [1.54, 1.807) is 39.0 Å². The van der Waals surface area contributed by atoms with E-state index in [9.17, 15) is 18.3 Å². The fourth-order valence-corrected chi connectivity index (χ4v) is 4.98. The molecule has 0 spiro atoms. The monoisotopic (exact) mass is 528 g/mol. The van der Waals surface area contributed by atoms with Crippen LogP contribution in [-0.4, -0.2) is 23.5 Å². The van der Waals surface area contributed by atoms with Crippen molar-refractivity contribution in [2.24, 2.45) is 11.8 Å². The lowest BCUT2D eigenvalue weighted by Gasteiger charge is -2.19. The molecule has 2 fully saturated rings. The predicted octanol–water partition coefficient (Wildman–Crippen LogP) is 8.60. The molecule has 2 aliphatic rings. The second kappa shape index (κ2) is 12.2. The SMILES string of the molecule is C=C(/C=C1/CC2CC2/C1=C/C)OCc1cccc(C(=C/C)/C(=C\C(=C)OCCCC(C)(C)O)C(F)(F)F)c1. The van der Waals surface area contributed by atoms with Gasteiger partial charge in [-0.05, 0) is 111 Å². The molecular weight excluding hydrogens is 489 g/mol. The lowest BCUT2D eigenvalue weighted by molar-refractivity contribution is -0.0873. The van der Waals surface area contributed by atoms with Crippen molar-refractivity contribution in [3.8, 4) is 0 Å². The largest absolute Gasteiger partial charge is 0.494 e. The third kappa shape index (κ3) is 8.26. The highest BCUT2D eigenvalue weighted by atomic mass is 19.4. The Labute approximate surface area is 224 Å². The fraction of sp³-hybridized carbons (Fsp3) is 0.438. The molecule has 0 aliphatic heterocycles. The van der Waals surface area contributed by atoms with Crippen LogP contribution in [0.15, 0.2) is 90.0 Å². The summed E-state index contributed by atoms with van der Waals surface area (Å²) >= 11 is 0. The predicted molar refractivity (Wildman–Crippen MR) is 147 cm³/mol. The van der Waals surface area contributed by atoms with Crippen LogP contribution >= 0.6 is 0 Å². The van der Waals surface area contributed by atoms with Gasteiger partial charge in [0.1, 0.15) is 18.1 Å². The highest BCUT2D eigenvalue weighted by molar-refractivity contribution is 5.81. The number of benzene rings is 1. The van der Waals surface area contributed by atoms with Gasteiger partial charge in [0.15, 0.2) is 0 Å². The van der Waals surface area contributed by atoms with Crippen molar-refractivity contribution in [2.75, 3.05) is 6.61 Å². The average molecular weight is 529 g/mol. The number of ether oxygens (including phenoxy) is 2. The van der Waals surface area contributed by atoms with Crippen molar-refractivity contribution < 1.29 is 27.8 Å². The Balaban J connectivity index is 1.69. The number of rotatable bonds is 12. The van der Waals surface area contributed by atoms with Crippen LogP contribution in [0.4, 0.5) is 13.2 Å². The molecule has 2 aliphatic carbocycles. The highest BCUT2D eigenvalue weighted by Crippen LogP contribution is 2.57. The van der Waals surface area contributed by atoms with Gasteiger partial charge in [0.25, 0.3) is 0 Å². The molecule has 0 bridgehead atoms. The zero-order valence-corrected chi connectivity index (χ0v) is 22.8. The van der Waals surface area contributed by atoms with E-state index in [2.05, 4.69) is 26.2 Å². The summed E-state index contributed by atoms with van der Waals surface area (Å²) in [5.74, 6) is 1.90. The van der Waals surface area contributed by atoms with E-state index in [0.29, 0.717) is 30.1 Å². The summed E-state index contributed by atoms with van der Waals surface area (Å²) < 4.78 is 53.6. The van der Waals surface area contributed by atoms with Crippen LogP contribution in [0.1, 0.15) is 64.5 Å². The number of halogens is 3. The van der Waals surface area contributed by atoms with E-state index in [4.69, 9.17) is 9.47 Å². The van der Waals surface area contributed by atoms with E-state index in [0.717, 1.165) is 24.0 Å². The maximum atomic E-state index is 14.1. The first-order valence-corrected chi connectivity index (χ1v) is 13.1. The molecule has 3 nitrogen and oxygen atoms in total. The third-order valence-electron chi connectivity index (χ3n) is 6.89. The first-order valence-electron chi connectivity index (χ1n) is 13.1. The first-order chi connectivity index (χ1) is 17.8. The molecule has 0 aromatic heterocycles. The molecule has 1 N–H and O–H groups in total. The molecular formula is C32H39F3O3. The number of hydrogen-bond acceptors (Lipinski definition) is 3. The zero-order chi connectivity index (χ0) is 28.1. The number of hydrogen-bond donors (Lipinski definition) is 1. The van der Waals surface area contributed by atoms with Crippen molar-refractivity contribution in [1.29, 1.82) is 0 Å². The van der Waals surface area contributed by atoms with Crippen LogP contribution in [0.25, 0.3) is 5.57 Å². The average Bonchev–Trinajstić information content (AvgIpc) is 3.50. The molecule has 2 unspecified atom stereocenters. The third-order valence-corrected chi connectivity index (χ3v) is 6.89. The smallest absolute Gasteiger partial charge is 0.417 e. The highest BCUT2D eigenvalue weighted by Gasteiger charge is 2.46.